The Bertz CT molecular complexity index is 780. The molecule has 0 aliphatic rings. The molecule has 3 aromatic rings. The van der Waals surface area contributed by atoms with Crippen molar-refractivity contribution < 1.29 is 19.4 Å². The quantitative estimate of drug-likeness (QED) is 0.746. The molecule has 0 aliphatic heterocycles. The third-order valence-corrected chi connectivity index (χ3v) is 4.19. The molecule has 0 radical (unpaired) electrons. The lowest BCUT2D eigenvalue weighted by atomic mass is 10.3. The van der Waals surface area contributed by atoms with Gasteiger partial charge in [0, 0.05) is 0 Å². The minimum absolute atomic E-state index is 0.394. The Morgan fingerprint density at radius 1 is 1.17 bits per heavy atom. The number of ether oxygens (including phenoxy) is 2. The van der Waals surface area contributed by atoms with Crippen LogP contribution < -0.4 is 9.47 Å². The molecule has 1 aromatic heterocycles. The van der Waals surface area contributed by atoms with Crippen molar-refractivity contribution in [2.45, 2.75) is 19.6 Å². The van der Waals surface area contributed by atoms with Crippen molar-refractivity contribution in [1.29, 1.82) is 0 Å². The second-order valence-electron chi connectivity index (χ2n) is 4.93. The van der Waals surface area contributed by atoms with Gasteiger partial charge in [-0.25, -0.2) is 9.78 Å². The summed E-state index contributed by atoms with van der Waals surface area (Å²) in [7, 11) is 0. The number of thiazole rings is 1. The first-order chi connectivity index (χ1) is 11.1. The van der Waals surface area contributed by atoms with E-state index in [4.69, 9.17) is 14.6 Å². The zero-order valence-electron chi connectivity index (χ0n) is 12.4. The lowest BCUT2D eigenvalue weighted by Gasteiger charge is -2.11. The van der Waals surface area contributed by atoms with E-state index < -0.39 is 12.1 Å². The summed E-state index contributed by atoms with van der Waals surface area (Å²) in [6.07, 6.45) is -0.885. The van der Waals surface area contributed by atoms with Gasteiger partial charge in [-0.15, -0.1) is 11.3 Å². The van der Waals surface area contributed by atoms with Gasteiger partial charge >= 0.3 is 5.97 Å². The van der Waals surface area contributed by atoms with E-state index in [-0.39, 0.29) is 0 Å². The molecule has 1 N–H and O–H groups in total. The monoisotopic (exact) mass is 329 g/mol. The van der Waals surface area contributed by atoms with Gasteiger partial charge in [0.1, 0.15) is 23.1 Å². The molecular weight excluding hydrogens is 314 g/mol. The summed E-state index contributed by atoms with van der Waals surface area (Å²) in [6, 6.07) is 14.8. The van der Waals surface area contributed by atoms with Crippen molar-refractivity contribution >= 4 is 27.5 Å². The summed E-state index contributed by atoms with van der Waals surface area (Å²) < 4.78 is 12.1. The zero-order valence-corrected chi connectivity index (χ0v) is 13.2. The summed E-state index contributed by atoms with van der Waals surface area (Å²) in [4.78, 5) is 15.3. The van der Waals surface area contributed by atoms with Crippen LogP contribution in [0.15, 0.2) is 48.5 Å². The Labute approximate surface area is 137 Å². The van der Waals surface area contributed by atoms with Crippen LogP contribution in [-0.2, 0) is 11.4 Å². The Balaban J connectivity index is 1.61. The third kappa shape index (κ3) is 3.78. The van der Waals surface area contributed by atoms with Crippen LogP contribution >= 0.6 is 11.3 Å². The highest BCUT2D eigenvalue weighted by molar-refractivity contribution is 7.18. The van der Waals surface area contributed by atoms with Crippen molar-refractivity contribution in [3.63, 3.8) is 0 Å². The number of carboxylic acids is 1. The lowest BCUT2D eigenvalue weighted by molar-refractivity contribution is -0.144. The number of carboxylic acid groups (broad SMARTS) is 1. The van der Waals surface area contributed by atoms with E-state index in [0.717, 1.165) is 15.2 Å². The first-order valence-electron chi connectivity index (χ1n) is 7.08. The lowest BCUT2D eigenvalue weighted by Crippen LogP contribution is -2.22. The summed E-state index contributed by atoms with van der Waals surface area (Å²) in [6.45, 7) is 1.88. The van der Waals surface area contributed by atoms with Crippen molar-refractivity contribution in [3.8, 4) is 11.5 Å². The zero-order chi connectivity index (χ0) is 16.2. The Morgan fingerprint density at radius 3 is 2.57 bits per heavy atom. The fourth-order valence-corrected chi connectivity index (χ4v) is 2.88. The number of hydrogen-bond donors (Lipinski definition) is 1. The van der Waals surface area contributed by atoms with Crippen molar-refractivity contribution in [2.24, 2.45) is 0 Å². The van der Waals surface area contributed by atoms with Crippen LogP contribution in [0.1, 0.15) is 11.9 Å². The first kappa shape index (κ1) is 15.3. The number of aliphatic carboxylic acids is 1. The predicted molar refractivity (Wildman–Crippen MR) is 88.1 cm³/mol. The average molecular weight is 329 g/mol. The van der Waals surface area contributed by atoms with Crippen LogP contribution in [0.5, 0.6) is 11.5 Å². The highest BCUT2D eigenvalue weighted by Gasteiger charge is 2.12. The number of nitrogens with zero attached hydrogens (tertiary/aromatic N) is 1. The molecule has 118 valence electrons. The Hall–Kier alpha value is -2.60. The molecule has 0 bridgehead atoms. The molecule has 0 spiro atoms. The van der Waals surface area contributed by atoms with Crippen LogP contribution in [0.4, 0.5) is 0 Å². The summed E-state index contributed by atoms with van der Waals surface area (Å²) >= 11 is 1.61. The van der Waals surface area contributed by atoms with E-state index >= 15 is 0 Å². The standard InChI is InChI=1S/C17H15NO4S/c1-11(17(19)20)22-13-8-6-12(7-9-13)21-10-16-18-14-4-2-3-5-15(14)23-16/h2-9,11H,10H2,1H3,(H,19,20). The van der Waals surface area contributed by atoms with Crippen LogP contribution in [0, 0.1) is 0 Å². The Kier molecular flexibility index (Phi) is 4.43. The van der Waals surface area contributed by atoms with Gasteiger partial charge in [0.25, 0.3) is 0 Å². The van der Waals surface area contributed by atoms with Crippen molar-refractivity contribution in [3.05, 3.63) is 53.5 Å². The summed E-state index contributed by atoms with van der Waals surface area (Å²) in [5.74, 6) is 0.174. The fourth-order valence-electron chi connectivity index (χ4n) is 2.00. The van der Waals surface area contributed by atoms with E-state index in [9.17, 15) is 4.79 Å². The van der Waals surface area contributed by atoms with E-state index in [0.29, 0.717) is 18.1 Å². The fraction of sp³-hybridized carbons (Fsp3) is 0.176. The molecule has 0 saturated carbocycles. The van der Waals surface area contributed by atoms with Crippen LogP contribution in [0.3, 0.4) is 0 Å². The molecule has 6 heteroatoms. The molecule has 1 heterocycles. The minimum Gasteiger partial charge on any atom is -0.486 e. The van der Waals surface area contributed by atoms with Gasteiger partial charge in [0.2, 0.25) is 0 Å². The number of rotatable bonds is 6. The van der Waals surface area contributed by atoms with E-state index in [1.165, 1.54) is 6.92 Å². The molecule has 0 saturated heterocycles. The predicted octanol–water partition coefficient (Wildman–Crippen LogP) is 3.73. The molecule has 0 amide bonds. The topological polar surface area (TPSA) is 68.7 Å². The molecule has 5 nitrogen and oxygen atoms in total. The molecular formula is C17H15NO4S. The highest BCUT2D eigenvalue weighted by Crippen LogP contribution is 2.24. The van der Waals surface area contributed by atoms with Crippen molar-refractivity contribution in [1.82, 2.24) is 4.98 Å². The number of carbonyl (C=O) groups is 1. The SMILES string of the molecule is CC(Oc1ccc(OCc2nc3ccccc3s2)cc1)C(=O)O. The largest absolute Gasteiger partial charge is 0.486 e. The number of hydrogen-bond acceptors (Lipinski definition) is 5. The molecule has 2 aromatic carbocycles. The maximum atomic E-state index is 10.7. The highest BCUT2D eigenvalue weighted by atomic mass is 32.1. The Morgan fingerprint density at radius 2 is 1.87 bits per heavy atom. The van der Waals surface area contributed by atoms with Gasteiger partial charge in [0.05, 0.1) is 10.2 Å². The molecule has 0 fully saturated rings. The summed E-state index contributed by atoms with van der Waals surface area (Å²) in [5, 5.41) is 9.72. The maximum Gasteiger partial charge on any atom is 0.344 e. The summed E-state index contributed by atoms with van der Waals surface area (Å²) in [5.41, 5.74) is 0.975. The van der Waals surface area contributed by atoms with Gasteiger partial charge in [-0.05, 0) is 43.3 Å². The first-order valence-corrected chi connectivity index (χ1v) is 7.90. The minimum atomic E-state index is -0.999. The van der Waals surface area contributed by atoms with E-state index in [2.05, 4.69) is 4.98 Å². The van der Waals surface area contributed by atoms with E-state index in [1.807, 2.05) is 24.3 Å². The molecule has 1 atom stereocenters. The number of benzene rings is 2. The van der Waals surface area contributed by atoms with Gasteiger partial charge in [-0.3, -0.25) is 0 Å². The van der Waals surface area contributed by atoms with Gasteiger partial charge < -0.3 is 14.6 Å². The number of aromatic nitrogens is 1. The van der Waals surface area contributed by atoms with Crippen LogP contribution in [0.25, 0.3) is 10.2 Å². The molecule has 1 unspecified atom stereocenters. The molecule has 0 aliphatic carbocycles. The average Bonchev–Trinajstić information content (AvgIpc) is 2.97. The smallest absolute Gasteiger partial charge is 0.344 e. The van der Waals surface area contributed by atoms with Gasteiger partial charge in [0.15, 0.2) is 6.10 Å². The molecule has 3 rings (SSSR count). The van der Waals surface area contributed by atoms with Crippen molar-refractivity contribution in [2.75, 3.05) is 0 Å². The van der Waals surface area contributed by atoms with Crippen LogP contribution in [-0.4, -0.2) is 22.2 Å². The third-order valence-electron chi connectivity index (χ3n) is 3.18. The second kappa shape index (κ2) is 6.66. The van der Waals surface area contributed by atoms with Crippen LogP contribution in [0.2, 0.25) is 0 Å². The number of para-hydroxylation sites is 1. The van der Waals surface area contributed by atoms with Gasteiger partial charge in [-0.1, -0.05) is 12.1 Å². The number of fused-ring (bicyclic) bond motifs is 1. The molecule has 23 heavy (non-hydrogen) atoms. The van der Waals surface area contributed by atoms with Gasteiger partial charge in [-0.2, -0.15) is 0 Å². The van der Waals surface area contributed by atoms with E-state index in [1.54, 1.807) is 35.6 Å². The normalized spacial score (nSPS) is 12.0. The maximum absolute atomic E-state index is 10.7. The second-order valence-corrected chi connectivity index (χ2v) is 6.05.